The van der Waals surface area contributed by atoms with Crippen molar-refractivity contribution in [2.45, 2.75) is 37.8 Å². The number of hydrogen-bond acceptors (Lipinski definition) is 2. The molecular formula is C15H21BrN2. The minimum Gasteiger partial charge on any atom is -0.315 e. The Labute approximate surface area is 118 Å². The van der Waals surface area contributed by atoms with Crippen molar-refractivity contribution >= 4 is 15.9 Å². The van der Waals surface area contributed by atoms with Crippen LogP contribution in [0, 0.1) is 0 Å². The van der Waals surface area contributed by atoms with E-state index in [9.17, 15) is 0 Å². The summed E-state index contributed by atoms with van der Waals surface area (Å²) < 4.78 is 1.22. The molecule has 1 saturated heterocycles. The number of halogens is 1. The Morgan fingerprint density at radius 3 is 2.89 bits per heavy atom. The van der Waals surface area contributed by atoms with Gasteiger partial charge in [-0.2, -0.15) is 0 Å². The van der Waals surface area contributed by atoms with Gasteiger partial charge < -0.3 is 5.32 Å². The zero-order valence-electron chi connectivity index (χ0n) is 11.0. The average Bonchev–Trinajstić information content (AvgIpc) is 2.91. The van der Waals surface area contributed by atoms with Gasteiger partial charge in [-0.3, -0.25) is 4.90 Å². The summed E-state index contributed by atoms with van der Waals surface area (Å²) in [5, 5.41) is 3.47. The molecule has 1 aromatic carbocycles. The van der Waals surface area contributed by atoms with Gasteiger partial charge in [0.1, 0.15) is 0 Å². The number of hydrogen-bond donors (Lipinski definition) is 1. The molecule has 0 amide bonds. The Balaban J connectivity index is 1.72. The number of rotatable bonds is 2. The van der Waals surface area contributed by atoms with Crippen LogP contribution >= 0.6 is 15.9 Å². The molecule has 18 heavy (non-hydrogen) atoms. The van der Waals surface area contributed by atoms with E-state index in [0.717, 1.165) is 12.1 Å². The van der Waals surface area contributed by atoms with E-state index >= 15 is 0 Å². The number of aryl methyl sites for hydroxylation is 1. The Morgan fingerprint density at radius 1 is 1.22 bits per heavy atom. The fraction of sp³-hybridized carbons (Fsp3) is 0.600. The lowest BCUT2D eigenvalue weighted by atomic mass is 9.87. The molecule has 0 radical (unpaired) electrons. The number of fused-ring (bicyclic) bond motifs is 1. The van der Waals surface area contributed by atoms with Crippen LogP contribution in [0.2, 0.25) is 0 Å². The highest BCUT2D eigenvalue weighted by Crippen LogP contribution is 2.28. The summed E-state index contributed by atoms with van der Waals surface area (Å²) in [6.45, 7) is 2.35. The van der Waals surface area contributed by atoms with Crippen LogP contribution in [0.25, 0.3) is 0 Å². The SMILES string of the molecule is CN(C1CCNC1)C1CCc2cc(Br)ccc2C1. The average molecular weight is 309 g/mol. The minimum absolute atomic E-state index is 0.726. The standard InChI is InChI=1S/C15H21BrN2/c1-18(15-6-7-17-10-15)14-5-3-11-8-13(16)4-2-12(11)9-14/h2,4,8,14-15,17H,3,5-7,9-10H2,1H3. The Hall–Kier alpha value is -0.380. The minimum atomic E-state index is 0.726. The van der Waals surface area contributed by atoms with Gasteiger partial charge in [-0.15, -0.1) is 0 Å². The summed E-state index contributed by atoms with van der Waals surface area (Å²) in [7, 11) is 2.31. The van der Waals surface area contributed by atoms with Crippen LogP contribution in [-0.2, 0) is 12.8 Å². The molecule has 3 heteroatoms. The Kier molecular flexibility index (Phi) is 3.73. The molecule has 1 aromatic rings. The van der Waals surface area contributed by atoms with Crippen molar-refractivity contribution < 1.29 is 0 Å². The van der Waals surface area contributed by atoms with Crippen LogP contribution in [0.1, 0.15) is 24.0 Å². The first kappa shape index (κ1) is 12.6. The maximum atomic E-state index is 3.57. The highest BCUT2D eigenvalue weighted by Gasteiger charge is 2.28. The molecule has 0 aromatic heterocycles. The molecule has 1 aliphatic heterocycles. The van der Waals surface area contributed by atoms with Crippen molar-refractivity contribution in [3.63, 3.8) is 0 Å². The zero-order chi connectivity index (χ0) is 12.5. The predicted molar refractivity (Wildman–Crippen MR) is 79.0 cm³/mol. The van der Waals surface area contributed by atoms with E-state index in [-0.39, 0.29) is 0 Å². The van der Waals surface area contributed by atoms with Gasteiger partial charge in [0.15, 0.2) is 0 Å². The van der Waals surface area contributed by atoms with Gasteiger partial charge in [0.05, 0.1) is 0 Å². The van der Waals surface area contributed by atoms with Crippen LogP contribution in [-0.4, -0.2) is 37.1 Å². The van der Waals surface area contributed by atoms with Crippen LogP contribution in [0.5, 0.6) is 0 Å². The van der Waals surface area contributed by atoms with Gasteiger partial charge in [-0.05, 0) is 62.5 Å². The second-order valence-corrected chi connectivity index (χ2v) is 6.54. The molecule has 2 aliphatic rings. The Morgan fingerprint density at radius 2 is 2.11 bits per heavy atom. The van der Waals surface area contributed by atoms with Gasteiger partial charge in [-0.1, -0.05) is 22.0 Å². The number of nitrogens with one attached hydrogen (secondary N) is 1. The molecule has 1 heterocycles. The van der Waals surface area contributed by atoms with Crippen molar-refractivity contribution in [3.8, 4) is 0 Å². The van der Waals surface area contributed by atoms with Gasteiger partial charge in [0.25, 0.3) is 0 Å². The summed E-state index contributed by atoms with van der Waals surface area (Å²) in [4.78, 5) is 2.62. The number of nitrogens with zero attached hydrogens (tertiary/aromatic N) is 1. The molecule has 1 N–H and O–H groups in total. The first-order valence-electron chi connectivity index (χ1n) is 6.94. The predicted octanol–water partition coefficient (Wildman–Crippen LogP) is 2.60. The van der Waals surface area contributed by atoms with Crippen LogP contribution in [0.4, 0.5) is 0 Å². The summed E-state index contributed by atoms with van der Waals surface area (Å²) in [5.74, 6) is 0. The third kappa shape index (κ3) is 2.49. The van der Waals surface area contributed by atoms with Crippen molar-refractivity contribution in [3.05, 3.63) is 33.8 Å². The molecule has 1 fully saturated rings. The molecule has 3 rings (SSSR count). The maximum absolute atomic E-state index is 3.57. The maximum Gasteiger partial charge on any atom is 0.0232 e. The lowest BCUT2D eigenvalue weighted by Crippen LogP contribution is -2.44. The molecular weight excluding hydrogens is 288 g/mol. The lowest BCUT2D eigenvalue weighted by molar-refractivity contribution is 0.168. The van der Waals surface area contributed by atoms with E-state index < -0.39 is 0 Å². The quantitative estimate of drug-likeness (QED) is 0.903. The summed E-state index contributed by atoms with van der Waals surface area (Å²) in [6, 6.07) is 8.24. The smallest absolute Gasteiger partial charge is 0.0232 e. The van der Waals surface area contributed by atoms with E-state index in [0.29, 0.717) is 0 Å². The molecule has 2 atom stereocenters. The second kappa shape index (κ2) is 5.32. The molecule has 98 valence electrons. The monoisotopic (exact) mass is 308 g/mol. The Bertz CT molecular complexity index is 427. The van der Waals surface area contributed by atoms with E-state index in [1.807, 2.05) is 0 Å². The van der Waals surface area contributed by atoms with Gasteiger partial charge in [0, 0.05) is 23.1 Å². The fourth-order valence-electron chi connectivity index (χ4n) is 3.34. The van der Waals surface area contributed by atoms with Crippen LogP contribution in [0.15, 0.2) is 22.7 Å². The van der Waals surface area contributed by atoms with Crippen LogP contribution < -0.4 is 5.32 Å². The van der Waals surface area contributed by atoms with Gasteiger partial charge >= 0.3 is 0 Å². The van der Waals surface area contributed by atoms with E-state index in [4.69, 9.17) is 0 Å². The highest BCUT2D eigenvalue weighted by molar-refractivity contribution is 9.10. The van der Waals surface area contributed by atoms with E-state index in [2.05, 4.69) is 51.4 Å². The highest BCUT2D eigenvalue weighted by atomic mass is 79.9. The van der Waals surface area contributed by atoms with Crippen molar-refractivity contribution in [1.82, 2.24) is 10.2 Å². The molecule has 2 unspecified atom stereocenters. The summed E-state index contributed by atoms with van der Waals surface area (Å²) in [6.07, 6.45) is 5.05. The molecule has 1 aliphatic carbocycles. The first-order valence-corrected chi connectivity index (χ1v) is 7.73. The lowest BCUT2D eigenvalue weighted by Gasteiger charge is -2.36. The second-order valence-electron chi connectivity index (χ2n) is 5.62. The third-order valence-corrected chi connectivity index (χ3v) is 5.05. The molecule has 0 saturated carbocycles. The molecule has 0 bridgehead atoms. The van der Waals surface area contributed by atoms with Crippen LogP contribution in [0.3, 0.4) is 0 Å². The fourth-order valence-corrected chi connectivity index (χ4v) is 3.75. The van der Waals surface area contributed by atoms with Gasteiger partial charge in [0.2, 0.25) is 0 Å². The zero-order valence-corrected chi connectivity index (χ0v) is 12.5. The molecule has 0 spiro atoms. The van der Waals surface area contributed by atoms with Crippen molar-refractivity contribution in [2.75, 3.05) is 20.1 Å². The largest absolute Gasteiger partial charge is 0.315 e. The summed E-state index contributed by atoms with van der Waals surface area (Å²) >= 11 is 3.57. The van der Waals surface area contributed by atoms with Crippen molar-refractivity contribution in [2.24, 2.45) is 0 Å². The van der Waals surface area contributed by atoms with E-state index in [1.54, 1.807) is 11.1 Å². The number of benzene rings is 1. The summed E-state index contributed by atoms with van der Waals surface area (Å²) in [5.41, 5.74) is 3.09. The van der Waals surface area contributed by atoms with E-state index in [1.165, 1.54) is 43.2 Å². The van der Waals surface area contributed by atoms with Crippen molar-refractivity contribution in [1.29, 1.82) is 0 Å². The molecule has 2 nitrogen and oxygen atoms in total. The normalized spacial score (nSPS) is 27.5. The third-order valence-electron chi connectivity index (χ3n) is 4.56. The first-order chi connectivity index (χ1) is 8.74. The topological polar surface area (TPSA) is 15.3 Å². The number of likely N-dealkylation sites (N-methyl/N-ethyl adjacent to an activating group) is 1. The van der Waals surface area contributed by atoms with Gasteiger partial charge in [-0.25, -0.2) is 0 Å².